The first kappa shape index (κ1) is 13.4. The van der Waals surface area contributed by atoms with Crippen molar-refractivity contribution in [1.82, 2.24) is 14.9 Å². The van der Waals surface area contributed by atoms with Crippen LogP contribution in [-0.2, 0) is 0 Å². The maximum atomic E-state index is 10.6. The molecule has 9 nitrogen and oxygen atoms in total. The number of nitrogen functional groups attached to an aromatic ring is 1. The van der Waals surface area contributed by atoms with Crippen molar-refractivity contribution < 1.29 is 10.0 Å². The van der Waals surface area contributed by atoms with Crippen LogP contribution in [0.4, 0.5) is 17.5 Å². The molecule has 9 heteroatoms. The molecule has 19 heavy (non-hydrogen) atoms. The fourth-order valence-electron chi connectivity index (χ4n) is 1.98. The van der Waals surface area contributed by atoms with E-state index in [9.17, 15) is 10.1 Å². The molecule has 104 valence electrons. The second-order valence-electron chi connectivity index (χ2n) is 4.25. The average Bonchev–Trinajstić information content (AvgIpc) is 2.39. The Bertz CT molecular complexity index is 461. The maximum Gasteiger partial charge on any atom is 0.329 e. The predicted octanol–water partition coefficient (Wildman–Crippen LogP) is -0.919. The number of nitro groups is 1. The van der Waals surface area contributed by atoms with Gasteiger partial charge in [-0.15, -0.1) is 0 Å². The highest BCUT2D eigenvalue weighted by atomic mass is 16.6. The van der Waals surface area contributed by atoms with Crippen molar-refractivity contribution in [2.24, 2.45) is 0 Å². The normalized spacial score (nSPS) is 16.6. The van der Waals surface area contributed by atoms with Crippen LogP contribution in [0.15, 0.2) is 6.20 Å². The Morgan fingerprint density at radius 3 is 2.63 bits per heavy atom. The van der Waals surface area contributed by atoms with Crippen LogP contribution in [0.5, 0.6) is 0 Å². The summed E-state index contributed by atoms with van der Waals surface area (Å²) in [5, 5.41) is 19.5. The summed E-state index contributed by atoms with van der Waals surface area (Å²) in [6.45, 7) is 3.79. The van der Waals surface area contributed by atoms with Gasteiger partial charge >= 0.3 is 5.69 Å². The number of aromatic nitrogens is 2. The van der Waals surface area contributed by atoms with Crippen molar-refractivity contribution in [3.63, 3.8) is 0 Å². The number of aliphatic hydroxyl groups is 1. The fourth-order valence-corrected chi connectivity index (χ4v) is 1.98. The molecule has 3 N–H and O–H groups in total. The van der Waals surface area contributed by atoms with Crippen LogP contribution < -0.4 is 10.6 Å². The Balaban J connectivity index is 2.04. The van der Waals surface area contributed by atoms with Gasteiger partial charge < -0.3 is 15.7 Å². The number of piperazine rings is 1. The van der Waals surface area contributed by atoms with Crippen molar-refractivity contribution >= 4 is 17.5 Å². The molecule has 0 amide bonds. The molecule has 0 bridgehead atoms. The molecular formula is C10H16N6O3. The lowest BCUT2D eigenvalue weighted by Crippen LogP contribution is -2.47. The van der Waals surface area contributed by atoms with Crippen molar-refractivity contribution in [2.75, 3.05) is 50.0 Å². The number of aliphatic hydroxyl groups excluding tert-OH is 1. The largest absolute Gasteiger partial charge is 0.395 e. The molecule has 2 heterocycles. The lowest BCUT2D eigenvalue weighted by Gasteiger charge is -2.34. The molecule has 1 aliphatic heterocycles. The average molecular weight is 268 g/mol. The van der Waals surface area contributed by atoms with Crippen molar-refractivity contribution in [2.45, 2.75) is 0 Å². The van der Waals surface area contributed by atoms with Gasteiger partial charge in [0.05, 0.1) is 11.5 Å². The van der Waals surface area contributed by atoms with Crippen molar-refractivity contribution in [3.05, 3.63) is 16.3 Å². The Kier molecular flexibility index (Phi) is 4.07. The van der Waals surface area contributed by atoms with E-state index < -0.39 is 4.92 Å². The van der Waals surface area contributed by atoms with Gasteiger partial charge in [-0.3, -0.25) is 15.0 Å². The van der Waals surface area contributed by atoms with E-state index in [0.717, 1.165) is 19.3 Å². The molecule has 1 aliphatic rings. The predicted molar refractivity (Wildman–Crippen MR) is 68.8 cm³/mol. The maximum absolute atomic E-state index is 10.6. The van der Waals surface area contributed by atoms with Crippen molar-refractivity contribution in [3.8, 4) is 0 Å². The summed E-state index contributed by atoms with van der Waals surface area (Å²) >= 11 is 0. The molecule has 0 unspecified atom stereocenters. The highest BCUT2D eigenvalue weighted by Crippen LogP contribution is 2.20. The quantitative estimate of drug-likeness (QED) is 0.531. The molecular weight excluding hydrogens is 252 g/mol. The molecule has 0 radical (unpaired) electrons. The minimum absolute atomic E-state index is 0.118. The van der Waals surface area contributed by atoms with Gasteiger partial charge in [0.2, 0.25) is 11.8 Å². The van der Waals surface area contributed by atoms with Gasteiger partial charge in [-0.2, -0.15) is 4.98 Å². The zero-order valence-corrected chi connectivity index (χ0v) is 10.4. The summed E-state index contributed by atoms with van der Waals surface area (Å²) in [5.41, 5.74) is 5.27. The minimum Gasteiger partial charge on any atom is -0.395 e. The number of nitrogens with two attached hydrogens (primary N) is 1. The monoisotopic (exact) mass is 268 g/mol. The van der Waals surface area contributed by atoms with E-state index in [1.165, 1.54) is 0 Å². The Morgan fingerprint density at radius 1 is 1.42 bits per heavy atom. The summed E-state index contributed by atoms with van der Waals surface area (Å²) in [5.74, 6) is 0.291. The number of nitrogens with zero attached hydrogens (tertiary/aromatic N) is 5. The lowest BCUT2D eigenvalue weighted by atomic mass is 10.3. The number of rotatable bonds is 4. The third-order valence-electron chi connectivity index (χ3n) is 3.05. The van der Waals surface area contributed by atoms with Gasteiger partial charge in [0.1, 0.15) is 6.20 Å². The summed E-state index contributed by atoms with van der Waals surface area (Å²) < 4.78 is 0. The summed E-state index contributed by atoms with van der Waals surface area (Å²) in [6, 6.07) is 0. The molecule has 2 rings (SSSR count). The van der Waals surface area contributed by atoms with E-state index >= 15 is 0 Å². The van der Waals surface area contributed by atoms with Crippen LogP contribution in [-0.4, -0.2) is 64.2 Å². The smallest absolute Gasteiger partial charge is 0.329 e. The van der Waals surface area contributed by atoms with Gasteiger partial charge in [-0.25, -0.2) is 4.98 Å². The summed E-state index contributed by atoms with van der Waals surface area (Å²) in [7, 11) is 0. The van der Waals surface area contributed by atoms with Gasteiger partial charge in [-0.1, -0.05) is 0 Å². The van der Waals surface area contributed by atoms with Gasteiger partial charge in [0.15, 0.2) is 0 Å². The molecule has 0 saturated carbocycles. The van der Waals surface area contributed by atoms with Gasteiger partial charge in [0, 0.05) is 32.7 Å². The fraction of sp³-hybridized carbons (Fsp3) is 0.600. The van der Waals surface area contributed by atoms with Crippen LogP contribution in [0.2, 0.25) is 0 Å². The van der Waals surface area contributed by atoms with Crippen LogP contribution in [0.1, 0.15) is 0 Å². The van der Waals surface area contributed by atoms with E-state index in [0.29, 0.717) is 25.6 Å². The lowest BCUT2D eigenvalue weighted by molar-refractivity contribution is -0.384. The first-order chi connectivity index (χ1) is 9.11. The minimum atomic E-state index is -0.599. The second kappa shape index (κ2) is 5.76. The summed E-state index contributed by atoms with van der Waals surface area (Å²) in [6.07, 6.45) is 1.14. The third-order valence-corrected chi connectivity index (χ3v) is 3.05. The molecule has 1 fully saturated rings. The highest BCUT2D eigenvalue weighted by molar-refractivity contribution is 5.53. The number of β-amino-alcohol motifs (C(OH)–C–C–N with tert-alkyl or cyclic N) is 1. The summed E-state index contributed by atoms with van der Waals surface area (Å²) in [4.78, 5) is 22.0. The third kappa shape index (κ3) is 3.06. The molecule has 0 atom stereocenters. The van der Waals surface area contributed by atoms with Crippen molar-refractivity contribution in [1.29, 1.82) is 0 Å². The molecule has 1 saturated heterocycles. The highest BCUT2D eigenvalue weighted by Gasteiger charge is 2.21. The SMILES string of the molecule is Nc1nc(N2CCN(CCO)CC2)ncc1[N+](=O)[O-]. The first-order valence-corrected chi connectivity index (χ1v) is 5.97. The van der Waals surface area contributed by atoms with E-state index in [2.05, 4.69) is 14.9 Å². The Hall–Kier alpha value is -2.00. The van der Waals surface area contributed by atoms with Crippen LogP contribution in [0, 0.1) is 10.1 Å². The standard InChI is InChI=1S/C10H16N6O3/c11-9-8(16(18)19)7-12-10(13-9)15-3-1-14(2-4-15)5-6-17/h7,17H,1-6H2,(H2,11,12,13). The van der Waals surface area contributed by atoms with Gasteiger partial charge in [-0.05, 0) is 0 Å². The molecule has 0 aliphatic carbocycles. The number of hydrogen-bond acceptors (Lipinski definition) is 8. The zero-order valence-electron chi connectivity index (χ0n) is 10.4. The second-order valence-corrected chi connectivity index (χ2v) is 4.25. The zero-order chi connectivity index (χ0) is 13.8. The number of hydrogen-bond donors (Lipinski definition) is 2. The van der Waals surface area contributed by atoms with Crippen LogP contribution in [0.25, 0.3) is 0 Å². The number of anilines is 2. The first-order valence-electron chi connectivity index (χ1n) is 5.97. The van der Waals surface area contributed by atoms with E-state index in [-0.39, 0.29) is 18.1 Å². The van der Waals surface area contributed by atoms with Crippen LogP contribution >= 0.6 is 0 Å². The molecule has 1 aromatic heterocycles. The van der Waals surface area contributed by atoms with Crippen LogP contribution in [0.3, 0.4) is 0 Å². The van der Waals surface area contributed by atoms with E-state index in [4.69, 9.17) is 10.8 Å². The van der Waals surface area contributed by atoms with E-state index in [1.807, 2.05) is 4.90 Å². The molecule has 0 spiro atoms. The Labute approximate surface area is 109 Å². The van der Waals surface area contributed by atoms with Gasteiger partial charge in [0.25, 0.3) is 0 Å². The topological polar surface area (TPSA) is 122 Å². The van der Waals surface area contributed by atoms with E-state index in [1.54, 1.807) is 0 Å². The Morgan fingerprint density at radius 2 is 2.11 bits per heavy atom. The molecule has 0 aromatic carbocycles. The molecule has 1 aromatic rings.